The summed E-state index contributed by atoms with van der Waals surface area (Å²) in [6.07, 6.45) is 3.58. The Labute approximate surface area is 190 Å². The van der Waals surface area contributed by atoms with Gasteiger partial charge in [-0.1, -0.05) is 23.7 Å². The number of amides is 1. The van der Waals surface area contributed by atoms with Crippen molar-refractivity contribution in [2.24, 2.45) is 0 Å². The summed E-state index contributed by atoms with van der Waals surface area (Å²) in [4.78, 5) is 14.7. The zero-order chi connectivity index (χ0) is 21.8. The van der Waals surface area contributed by atoms with Crippen LogP contribution in [0.25, 0.3) is 11.3 Å². The van der Waals surface area contributed by atoms with E-state index < -0.39 is 11.7 Å². The molecule has 4 rings (SSSR count). The number of benzene rings is 2. The van der Waals surface area contributed by atoms with Crippen LogP contribution in [-0.2, 0) is 0 Å². The van der Waals surface area contributed by atoms with Gasteiger partial charge in [0.1, 0.15) is 11.6 Å². The quantitative estimate of drug-likeness (QED) is 0.481. The summed E-state index contributed by atoms with van der Waals surface area (Å²) in [6.45, 7) is 2.00. The number of rotatable bonds is 4. The third kappa shape index (κ3) is 5.06. The second-order valence-electron chi connectivity index (χ2n) is 7.27. The molecule has 1 aromatic heterocycles. The average molecular weight is 458 g/mol. The Kier molecular flexibility index (Phi) is 6.53. The summed E-state index contributed by atoms with van der Waals surface area (Å²) in [5.41, 5.74) is 1.95. The maximum absolute atomic E-state index is 13.9. The normalized spacial score (nSPS) is 13.7. The van der Waals surface area contributed by atoms with Crippen LogP contribution in [0.4, 0.5) is 15.8 Å². The third-order valence-electron chi connectivity index (χ3n) is 5.10. The van der Waals surface area contributed by atoms with Crippen LogP contribution >= 0.6 is 23.8 Å². The van der Waals surface area contributed by atoms with E-state index in [9.17, 15) is 9.18 Å². The summed E-state index contributed by atoms with van der Waals surface area (Å²) >= 11 is 11.7. The Balaban J connectivity index is 1.38. The van der Waals surface area contributed by atoms with E-state index in [1.807, 2.05) is 12.1 Å². The number of halogens is 2. The molecular formula is C23H21ClFN3O2S. The molecule has 0 unspecified atom stereocenters. The lowest BCUT2D eigenvalue weighted by Gasteiger charge is -2.29. The first-order valence-corrected chi connectivity index (χ1v) is 10.8. The van der Waals surface area contributed by atoms with Crippen molar-refractivity contribution < 1.29 is 13.6 Å². The highest BCUT2D eigenvalue weighted by molar-refractivity contribution is 7.80. The zero-order valence-corrected chi connectivity index (χ0v) is 18.2. The van der Waals surface area contributed by atoms with E-state index in [0.717, 1.165) is 31.6 Å². The van der Waals surface area contributed by atoms with E-state index in [2.05, 4.69) is 15.5 Å². The molecule has 1 saturated heterocycles. The number of nitrogens with one attached hydrogen (secondary N) is 2. The topological polar surface area (TPSA) is 57.5 Å². The van der Waals surface area contributed by atoms with E-state index >= 15 is 0 Å². The van der Waals surface area contributed by atoms with Crippen LogP contribution in [0.5, 0.6) is 0 Å². The van der Waals surface area contributed by atoms with Gasteiger partial charge < -0.3 is 14.6 Å². The second kappa shape index (κ2) is 9.49. The van der Waals surface area contributed by atoms with E-state index in [4.69, 9.17) is 28.2 Å². The number of hydrogen-bond donors (Lipinski definition) is 2. The molecule has 1 aliphatic rings. The molecule has 0 bridgehead atoms. The van der Waals surface area contributed by atoms with Crippen LogP contribution in [0.1, 0.15) is 29.8 Å². The van der Waals surface area contributed by atoms with Crippen molar-refractivity contribution in [2.45, 2.75) is 19.3 Å². The number of furan rings is 1. The SMILES string of the molecule is O=C(NC(=S)Nc1ccc(N2CCCCC2)c(Cl)c1)c1ccc(-c2ccccc2F)o1. The molecule has 0 atom stereocenters. The minimum atomic E-state index is -0.531. The monoisotopic (exact) mass is 457 g/mol. The Morgan fingerprint density at radius 2 is 1.84 bits per heavy atom. The lowest BCUT2D eigenvalue weighted by molar-refractivity contribution is 0.0951. The molecule has 0 saturated carbocycles. The van der Waals surface area contributed by atoms with Crippen molar-refractivity contribution in [2.75, 3.05) is 23.3 Å². The molecule has 5 nitrogen and oxygen atoms in total. The molecule has 31 heavy (non-hydrogen) atoms. The predicted octanol–water partition coefficient (Wildman–Crippen LogP) is 5.86. The van der Waals surface area contributed by atoms with Crippen LogP contribution in [0, 0.1) is 5.82 Å². The van der Waals surface area contributed by atoms with Gasteiger partial charge in [0.2, 0.25) is 0 Å². The number of hydrogen-bond acceptors (Lipinski definition) is 4. The van der Waals surface area contributed by atoms with Gasteiger partial charge >= 0.3 is 0 Å². The van der Waals surface area contributed by atoms with Gasteiger partial charge in [0.15, 0.2) is 10.9 Å². The molecule has 1 fully saturated rings. The van der Waals surface area contributed by atoms with Crippen molar-refractivity contribution >= 4 is 46.2 Å². The van der Waals surface area contributed by atoms with Gasteiger partial charge in [0, 0.05) is 18.8 Å². The van der Waals surface area contributed by atoms with Crippen molar-refractivity contribution in [1.82, 2.24) is 5.32 Å². The predicted molar refractivity (Wildman–Crippen MR) is 125 cm³/mol. The molecular weight excluding hydrogens is 437 g/mol. The van der Waals surface area contributed by atoms with Crippen LogP contribution in [-0.4, -0.2) is 24.1 Å². The van der Waals surface area contributed by atoms with E-state index in [-0.39, 0.29) is 22.2 Å². The summed E-state index contributed by atoms with van der Waals surface area (Å²) in [5, 5.41) is 6.25. The van der Waals surface area contributed by atoms with Crippen LogP contribution < -0.4 is 15.5 Å². The van der Waals surface area contributed by atoms with Crippen molar-refractivity contribution in [1.29, 1.82) is 0 Å². The smallest absolute Gasteiger partial charge is 0.293 e. The van der Waals surface area contributed by atoms with E-state index in [0.29, 0.717) is 10.7 Å². The van der Waals surface area contributed by atoms with E-state index in [1.165, 1.54) is 18.6 Å². The highest BCUT2D eigenvalue weighted by atomic mass is 35.5. The van der Waals surface area contributed by atoms with Gasteiger partial charge in [0.05, 0.1) is 16.3 Å². The Morgan fingerprint density at radius 3 is 2.58 bits per heavy atom. The molecule has 0 aliphatic carbocycles. The highest BCUT2D eigenvalue weighted by Gasteiger charge is 2.17. The molecule has 0 spiro atoms. The number of anilines is 2. The lowest BCUT2D eigenvalue weighted by Crippen LogP contribution is -2.34. The summed E-state index contributed by atoms with van der Waals surface area (Å²) in [6, 6.07) is 14.8. The molecule has 2 N–H and O–H groups in total. The lowest BCUT2D eigenvalue weighted by atomic mass is 10.1. The molecule has 160 valence electrons. The number of nitrogens with zero attached hydrogens (tertiary/aromatic N) is 1. The summed E-state index contributed by atoms with van der Waals surface area (Å²) in [7, 11) is 0. The largest absolute Gasteiger partial charge is 0.451 e. The fraction of sp³-hybridized carbons (Fsp3) is 0.217. The molecule has 8 heteroatoms. The number of piperidine rings is 1. The van der Waals surface area contributed by atoms with Gasteiger partial charge in [-0.25, -0.2) is 4.39 Å². The third-order valence-corrected chi connectivity index (χ3v) is 5.61. The number of thiocarbonyl (C=S) groups is 1. The Hall–Kier alpha value is -2.90. The number of carbonyl (C=O) groups excluding carboxylic acids is 1. The molecule has 1 amide bonds. The van der Waals surface area contributed by atoms with Gasteiger partial charge in [-0.05, 0) is 73.9 Å². The van der Waals surface area contributed by atoms with Crippen LogP contribution in [0.15, 0.2) is 59.0 Å². The molecule has 0 radical (unpaired) electrons. The van der Waals surface area contributed by atoms with Crippen LogP contribution in [0.2, 0.25) is 5.02 Å². The maximum Gasteiger partial charge on any atom is 0.293 e. The zero-order valence-electron chi connectivity index (χ0n) is 16.7. The highest BCUT2D eigenvalue weighted by Crippen LogP contribution is 2.31. The Morgan fingerprint density at radius 1 is 1.06 bits per heavy atom. The Bertz CT molecular complexity index is 1110. The molecule has 1 aliphatic heterocycles. The summed E-state index contributed by atoms with van der Waals surface area (Å²) in [5.74, 6) is -0.662. The minimum Gasteiger partial charge on any atom is -0.451 e. The van der Waals surface area contributed by atoms with Gasteiger partial charge in [0.25, 0.3) is 5.91 Å². The first-order valence-electron chi connectivity index (χ1n) is 10.0. The van der Waals surface area contributed by atoms with Crippen LogP contribution in [0.3, 0.4) is 0 Å². The fourth-order valence-corrected chi connectivity index (χ4v) is 4.08. The standard InChI is InChI=1S/C23H21ClFN3O2S/c24-17-14-15(8-9-19(17)28-12-4-1-5-13-28)26-23(31)27-22(29)21-11-10-20(30-21)16-6-2-3-7-18(16)25/h2-3,6-11,14H,1,4-5,12-13H2,(H2,26,27,29,31). The van der Waals surface area contributed by atoms with Gasteiger partial charge in [-0.3, -0.25) is 10.1 Å². The van der Waals surface area contributed by atoms with Crippen molar-refractivity contribution in [3.63, 3.8) is 0 Å². The average Bonchev–Trinajstić information content (AvgIpc) is 3.25. The molecule has 2 heterocycles. The molecule has 3 aromatic rings. The minimum absolute atomic E-state index is 0.0286. The first kappa shape index (κ1) is 21.3. The maximum atomic E-state index is 13.9. The summed E-state index contributed by atoms with van der Waals surface area (Å²) < 4.78 is 19.4. The van der Waals surface area contributed by atoms with Crippen molar-refractivity contribution in [3.8, 4) is 11.3 Å². The molecule has 2 aromatic carbocycles. The van der Waals surface area contributed by atoms with Gasteiger partial charge in [-0.15, -0.1) is 0 Å². The van der Waals surface area contributed by atoms with E-state index in [1.54, 1.807) is 30.3 Å². The van der Waals surface area contributed by atoms with Crippen molar-refractivity contribution in [3.05, 3.63) is 71.2 Å². The number of carbonyl (C=O) groups is 1. The fourth-order valence-electron chi connectivity index (χ4n) is 3.57. The second-order valence-corrected chi connectivity index (χ2v) is 8.08. The van der Waals surface area contributed by atoms with Gasteiger partial charge in [-0.2, -0.15) is 0 Å². The first-order chi connectivity index (χ1) is 15.0.